The monoisotopic (exact) mass is 448 g/mol. The third-order valence-corrected chi connectivity index (χ3v) is 7.01. The van der Waals surface area contributed by atoms with Gasteiger partial charge in [-0.05, 0) is 17.5 Å². The van der Waals surface area contributed by atoms with E-state index < -0.39 is 0 Å². The predicted octanol–water partition coefficient (Wildman–Crippen LogP) is 9.56. The third kappa shape index (κ3) is 8.32. The summed E-state index contributed by atoms with van der Waals surface area (Å²) in [6, 6.07) is 16.6. The Morgan fingerprint density at radius 1 is 0.606 bits per heavy atom. The van der Waals surface area contributed by atoms with E-state index in [9.17, 15) is 4.79 Å². The molecule has 2 heteroatoms. The highest BCUT2D eigenvalue weighted by Gasteiger charge is 2.30. The van der Waals surface area contributed by atoms with Crippen LogP contribution in [0.25, 0.3) is 11.1 Å². The quantitative estimate of drug-likeness (QED) is 0.178. The number of benzene rings is 2. The third-order valence-electron chi connectivity index (χ3n) is 7.01. The number of carbonyl (C=O) groups excluding carboxylic acids is 1. The number of hydrogen-bond acceptors (Lipinski definition) is 2. The second-order valence-electron chi connectivity index (χ2n) is 9.74. The van der Waals surface area contributed by atoms with Crippen LogP contribution in [0.4, 0.5) is 0 Å². The molecule has 0 atom stereocenters. The first kappa shape index (κ1) is 25.5. The van der Waals surface area contributed by atoms with Crippen LogP contribution in [0.3, 0.4) is 0 Å². The van der Waals surface area contributed by atoms with Gasteiger partial charge in [-0.1, -0.05) is 145 Å². The normalized spacial score (nSPS) is 12.5. The summed E-state index contributed by atoms with van der Waals surface area (Å²) >= 11 is 0. The summed E-state index contributed by atoms with van der Waals surface area (Å²) in [6.07, 6.45) is 20.3. The van der Waals surface area contributed by atoms with Gasteiger partial charge >= 0.3 is 5.97 Å². The molecule has 0 radical (unpaired) electrons. The van der Waals surface area contributed by atoms with Crippen LogP contribution < -0.4 is 0 Å². The van der Waals surface area contributed by atoms with Crippen LogP contribution >= 0.6 is 0 Å². The molecular formula is C31H44O2. The van der Waals surface area contributed by atoms with E-state index in [-0.39, 0.29) is 12.1 Å². The Hall–Kier alpha value is -2.09. The average Bonchev–Trinajstić information content (AvgIpc) is 3.15. The van der Waals surface area contributed by atoms with Crippen molar-refractivity contribution in [3.05, 3.63) is 59.7 Å². The smallest absolute Gasteiger partial charge is 0.306 e. The predicted molar refractivity (Wildman–Crippen MR) is 139 cm³/mol. The van der Waals surface area contributed by atoms with Crippen molar-refractivity contribution in [2.45, 2.75) is 116 Å². The Kier molecular flexibility index (Phi) is 11.6. The zero-order valence-electron chi connectivity index (χ0n) is 20.8. The molecule has 2 aromatic rings. The van der Waals surface area contributed by atoms with E-state index >= 15 is 0 Å². The van der Waals surface area contributed by atoms with E-state index in [0.29, 0.717) is 6.42 Å². The molecule has 0 bridgehead atoms. The van der Waals surface area contributed by atoms with Gasteiger partial charge in [-0.3, -0.25) is 4.79 Å². The summed E-state index contributed by atoms with van der Waals surface area (Å²) < 4.78 is 5.94. The lowest BCUT2D eigenvalue weighted by Gasteiger charge is -2.15. The molecule has 0 amide bonds. The molecular weight excluding hydrogens is 404 g/mol. The van der Waals surface area contributed by atoms with Gasteiger partial charge in [0.1, 0.15) is 0 Å². The number of carbonyl (C=O) groups is 1. The highest BCUT2D eigenvalue weighted by molar-refractivity contribution is 5.80. The van der Waals surface area contributed by atoms with Gasteiger partial charge in [0.2, 0.25) is 0 Å². The van der Waals surface area contributed by atoms with Crippen molar-refractivity contribution in [3.63, 3.8) is 0 Å². The average molecular weight is 449 g/mol. The fourth-order valence-electron chi connectivity index (χ4n) is 5.07. The standard InChI is InChI=1S/C31H44O2/c1-2-3-4-5-6-7-8-9-10-11-12-13-14-15-16-25-30(32)33-31-28-23-19-17-21-26(28)27-22-18-20-24-29(27)31/h17-24,31H,2-16,25H2,1H3. The van der Waals surface area contributed by atoms with Crippen LogP contribution in [0, 0.1) is 0 Å². The summed E-state index contributed by atoms with van der Waals surface area (Å²) in [5.74, 6) is -0.0683. The zero-order valence-corrected chi connectivity index (χ0v) is 20.8. The highest BCUT2D eigenvalue weighted by atomic mass is 16.5. The highest BCUT2D eigenvalue weighted by Crippen LogP contribution is 2.45. The first-order valence-corrected chi connectivity index (χ1v) is 13.7. The van der Waals surface area contributed by atoms with Crippen LogP contribution in [0.1, 0.15) is 127 Å². The minimum Gasteiger partial charge on any atom is -0.452 e. The van der Waals surface area contributed by atoms with E-state index in [1.165, 1.54) is 94.6 Å². The van der Waals surface area contributed by atoms with Gasteiger partial charge in [-0.2, -0.15) is 0 Å². The number of rotatable bonds is 17. The zero-order chi connectivity index (χ0) is 23.1. The Bertz CT molecular complexity index is 780. The summed E-state index contributed by atoms with van der Waals surface area (Å²) in [4.78, 5) is 12.5. The Morgan fingerprint density at radius 3 is 1.45 bits per heavy atom. The van der Waals surface area contributed by atoms with Crippen LogP contribution in [-0.2, 0) is 9.53 Å². The van der Waals surface area contributed by atoms with Crippen molar-refractivity contribution >= 4 is 5.97 Å². The summed E-state index contributed by atoms with van der Waals surface area (Å²) in [7, 11) is 0. The number of fused-ring (bicyclic) bond motifs is 3. The van der Waals surface area contributed by atoms with E-state index in [1.54, 1.807) is 0 Å². The van der Waals surface area contributed by atoms with Crippen molar-refractivity contribution in [3.8, 4) is 11.1 Å². The van der Waals surface area contributed by atoms with Gasteiger partial charge in [-0.25, -0.2) is 0 Å². The number of hydrogen-bond donors (Lipinski definition) is 0. The maximum atomic E-state index is 12.5. The lowest BCUT2D eigenvalue weighted by molar-refractivity contribution is -0.147. The molecule has 0 unspecified atom stereocenters. The van der Waals surface area contributed by atoms with Gasteiger partial charge in [0.15, 0.2) is 6.10 Å². The first-order chi connectivity index (χ1) is 16.3. The van der Waals surface area contributed by atoms with Crippen LogP contribution in [-0.4, -0.2) is 5.97 Å². The van der Waals surface area contributed by atoms with Crippen molar-refractivity contribution in [2.75, 3.05) is 0 Å². The molecule has 0 N–H and O–H groups in total. The molecule has 0 aliphatic heterocycles. The van der Waals surface area contributed by atoms with E-state index in [0.717, 1.165) is 24.0 Å². The number of esters is 1. The summed E-state index contributed by atoms with van der Waals surface area (Å²) in [5, 5.41) is 0. The molecule has 3 rings (SSSR count). The second-order valence-corrected chi connectivity index (χ2v) is 9.74. The van der Waals surface area contributed by atoms with Crippen molar-refractivity contribution in [1.29, 1.82) is 0 Å². The Labute approximate surface area is 202 Å². The summed E-state index contributed by atoms with van der Waals surface area (Å²) in [6.45, 7) is 2.28. The van der Waals surface area contributed by atoms with Crippen molar-refractivity contribution in [1.82, 2.24) is 0 Å². The molecule has 0 spiro atoms. The van der Waals surface area contributed by atoms with Crippen LogP contribution in [0.5, 0.6) is 0 Å². The molecule has 1 aliphatic carbocycles. The second kappa shape index (κ2) is 14.9. The van der Waals surface area contributed by atoms with E-state index in [4.69, 9.17) is 4.74 Å². The molecule has 0 saturated carbocycles. The number of ether oxygens (including phenoxy) is 1. The molecule has 0 fully saturated rings. The molecule has 0 heterocycles. The van der Waals surface area contributed by atoms with Gasteiger partial charge < -0.3 is 4.74 Å². The van der Waals surface area contributed by atoms with Crippen LogP contribution in [0.2, 0.25) is 0 Å². The maximum Gasteiger partial charge on any atom is 0.306 e. The topological polar surface area (TPSA) is 26.3 Å². The van der Waals surface area contributed by atoms with E-state index in [2.05, 4.69) is 43.3 Å². The molecule has 180 valence electrons. The van der Waals surface area contributed by atoms with Gasteiger partial charge in [0, 0.05) is 17.5 Å². The van der Waals surface area contributed by atoms with Gasteiger partial charge in [0.25, 0.3) is 0 Å². The number of unbranched alkanes of at least 4 members (excludes halogenated alkanes) is 14. The lowest BCUT2D eigenvalue weighted by Crippen LogP contribution is -2.10. The van der Waals surface area contributed by atoms with Gasteiger partial charge in [-0.15, -0.1) is 0 Å². The molecule has 2 aromatic carbocycles. The van der Waals surface area contributed by atoms with E-state index in [1.807, 2.05) is 12.1 Å². The molecule has 0 saturated heterocycles. The lowest BCUT2D eigenvalue weighted by atomic mass is 10.0. The Morgan fingerprint density at radius 2 is 1.00 bits per heavy atom. The Balaban J connectivity index is 1.21. The molecule has 0 aromatic heterocycles. The minimum atomic E-state index is -0.249. The van der Waals surface area contributed by atoms with Crippen molar-refractivity contribution < 1.29 is 9.53 Å². The fourth-order valence-corrected chi connectivity index (χ4v) is 5.07. The van der Waals surface area contributed by atoms with Crippen molar-refractivity contribution in [2.24, 2.45) is 0 Å². The minimum absolute atomic E-state index is 0.0683. The van der Waals surface area contributed by atoms with Gasteiger partial charge in [0.05, 0.1) is 0 Å². The molecule has 33 heavy (non-hydrogen) atoms. The first-order valence-electron chi connectivity index (χ1n) is 13.7. The molecule has 1 aliphatic rings. The van der Waals surface area contributed by atoms with Crippen LogP contribution in [0.15, 0.2) is 48.5 Å². The maximum absolute atomic E-state index is 12.5. The molecule has 2 nitrogen and oxygen atoms in total. The summed E-state index contributed by atoms with van der Waals surface area (Å²) in [5.41, 5.74) is 4.61. The SMILES string of the molecule is CCCCCCCCCCCCCCCCCC(=O)OC1c2ccccc2-c2ccccc21. The fraction of sp³-hybridized carbons (Fsp3) is 0.581. The largest absolute Gasteiger partial charge is 0.452 e.